The predicted molar refractivity (Wildman–Crippen MR) is 122 cm³/mol. The molecular formula is C24H37N3O3S. The lowest BCUT2D eigenvalue weighted by Gasteiger charge is -2.38. The standard InChI is InChI=1S/C24H37N3O3S/c28-24(26-19-17-25(18-20-26)22-7-3-4-8-22)14-11-21-9-12-23(13-10-21)31(29,30)27-15-5-1-2-6-16-27/h9-10,12-13,22H,1-8,11,14-20H2. The minimum absolute atomic E-state index is 0.215. The summed E-state index contributed by atoms with van der Waals surface area (Å²) in [6, 6.07) is 7.90. The first-order chi connectivity index (χ1) is 15.0. The van der Waals surface area contributed by atoms with Gasteiger partial charge in [-0.2, -0.15) is 4.31 Å². The van der Waals surface area contributed by atoms with Crippen LogP contribution in [0.4, 0.5) is 0 Å². The molecule has 1 saturated carbocycles. The number of amides is 1. The van der Waals surface area contributed by atoms with Crippen LogP contribution in [0.5, 0.6) is 0 Å². The quantitative estimate of drug-likeness (QED) is 0.672. The Labute approximate surface area is 187 Å². The van der Waals surface area contributed by atoms with E-state index in [-0.39, 0.29) is 5.91 Å². The summed E-state index contributed by atoms with van der Waals surface area (Å²) >= 11 is 0. The van der Waals surface area contributed by atoms with E-state index in [0.29, 0.717) is 30.8 Å². The molecule has 0 radical (unpaired) electrons. The van der Waals surface area contributed by atoms with Crippen LogP contribution in [0.25, 0.3) is 0 Å². The number of rotatable bonds is 6. The van der Waals surface area contributed by atoms with Gasteiger partial charge >= 0.3 is 0 Å². The van der Waals surface area contributed by atoms with Crippen molar-refractivity contribution in [2.45, 2.75) is 75.1 Å². The van der Waals surface area contributed by atoms with Gasteiger partial charge in [0.15, 0.2) is 0 Å². The summed E-state index contributed by atoms with van der Waals surface area (Å²) in [6.45, 7) is 4.91. The normalized spacial score (nSPS) is 22.5. The molecule has 2 aliphatic heterocycles. The van der Waals surface area contributed by atoms with Crippen molar-refractivity contribution in [2.24, 2.45) is 0 Å². The number of carbonyl (C=O) groups is 1. The Morgan fingerprint density at radius 3 is 2.03 bits per heavy atom. The maximum absolute atomic E-state index is 12.9. The van der Waals surface area contributed by atoms with Gasteiger partial charge in [-0.25, -0.2) is 8.42 Å². The summed E-state index contributed by atoms with van der Waals surface area (Å²) in [5.41, 5.74) is 1.02. The van der Waals surface area contributed by atoms with E-state index in [1.807, 2.05) is 17.0 Å². The molecule has 3 aliphatic rings. The second kappa shape index (κ2) is 10.5. The number of carbonyl (C=O) groups excluding carboxylic acids is 1. The summed E-state index contributed by atoms with van der Waals surface area (Å²) in [5.74, 6) is 0.215. The summed E-state index contributed by atoms with van der Waals surface area (Å²) in [7, 11) is -3.41. The van der Waals surface area contributed by atoms with Crippen LogP contribution in [0.2, 0.25) is 0 Å². The maximum atomic E-state index is 12.9. The smallest absolute Gasteiger partial charge is 0.243 e. The highest BCUT2D eigenvalue weighted by atomic mass is 32.2. The number of nitrogens with zero attached hydrogens (tertiary/aromatic N) is 3. The molecule has 1 aliphatic carbocycles. The van der Waals surface area contributed by atoms with Gasteiger partial charge < -0.3 is 4.90 Å². The van der Waals surface area contributed by atoms with Crippen LogP contribution in [0.1, 0.15) is 63.4 Å². The zero-order valence-corrected chi connectivity index (χ0v) is 19.5. The van der Waals surface area contributed by atoms with Gasteiger partial charge in [-0.05, 0) is 49.8 Å². The zero-order chi connectivity index (χ0) is 21.7. The van der Waals surface area contributed by atoms with E-state index in [1.54, 1.807) is 16.4 Å². The van der Waals surface area contributed by atoms with Crippen LogP contribution >= 0.6 is 0 Å². The average Bonchev–Trinajstić information content (AvgIpc) is 3.19. The van der Waals surface area contributed by atoms with Gasteiger partial charge in [0.25, 0.3) is 0 Å². The molecule has 31 heavy (non-hydrogen) atoms. The Balaban J connectivity index is 1.26. The van der Waals surface area contributed by atoms with Crippen molar-refractivity contribution in [1.82, 2.24) is 14.1 Å². The van der Waals surface area contributed by atoms with E-state index in [1.165, 1.54) is 25.7 Å². The molecule has 0 bridgehead atoms. The molecule has 0 spiro atoms. The number of hydrogen-bond acceptors (Lipinski definition) is 4. The Kier molecular flexibility index (Phi) is 7.67. The number of sulfonamides is 1. The van der Waals surface area contributed by atoms with E-state index in [4.69, 9.17) is 0 Å². The minimum Gasteiger partial charge on any atom is -0.340 e. The monoisotopic (exact) mass is 447 g/mol. The molecule has 1 aromatic carbocycles. The highest BCUT2D eigenvalue weighted by molar-refractivity contribution is 7.89. The average molecular weight is 448 g/mol. The van der Waals surface area contributed by atoms with Crippen LogP contribution < -0.4 is 0 Å². The fourth-order valence-corrected chi connectivity index (χ4v) is 6.79. The first kappa shape index (κ1) is 22.7. The highest BCUT2D eigenvalue weighted by Gasteiger charge is 2.28. The minimum atomic E-state index is -3.41. The van der Waals surface area contributed by atoms with Crippen molar-refractivity contribution < 1.29 is 13.2 Å². The van der Waals surface area contributed by atoms with Gasteiger partial charge in [0.05, 0.1) is 4.90 Å². The third-order valence-electron chi connectivity index (χ3n) is 7.26. The molecule has 7 heteroatoms. The van der Waals surface area contributed by atoms with E-state index in [9.17, 15) is 13.2 Å². The second-order valence-electron chi connectivity index (χ2n) is 9.32. The van der Waals surface area contributed by atoms with Crippen molar-refractivity contribution in [3.05, 3.63) is 29.8 Å². The lowest BCUT2D eigenvalue weighted by Crippen LogP contribution is -2.51. The van der Waals surface area contributed by atoms with Crippen LogP contribution in [0.3, 0.4) is 0 Å². The largest absolute Gasteiger partial charge is 0.340 e. The van der Waals surface area contributed by atoms with Gasteiger partial charge in [0.2, 0.25) is 15.9 Å². The van der Waals surface area contributed by atoms with Crippen molar-refractivity contribution in [3.8, 4) is 0 Å². The van der Waals surface area contributed by atoms with E-state index in [0.717, 1.165) is 63.5 Å². The molecule has 172 valence electrons. The predicted octanol–water partition coefficient (Wildman–Crippen LogP) is 3.27. The zero-order valence-electron chi connectivity index (χ0n) is 18.7. The molecule has 0 unspecified atom stereocenters. The molecule has 3 fully saturated rings. The molecule has 2 heterocycles. The summed E-state index contributed by atoms with van der Waals surface area (Å²) < 4.78 is 27.4. The topological polar surface area (TPSA) is 60.9 Å². The lowest BCUT2D eigenvalue weighted by molar-refractivity contribution is -0.133. The van der Waals surface area contributed by atoms with Crippen molar-refractivity contribution in [1.29, 1.82) is 0 Å². The molecule has 0 aromatic heterocycles. The van der Waals surface area contributed by atoms with E-state index >= 15 is 0 Å². The first-order valence-corrected chi connectivity index (χ1v) is 13.6. The number of aryl methyl sites for hydroxylation is 1. The summed E-state index contributed by atoms with van der Waals surface area (Å²) in [6.07, 6.45) is 10.6. The highest BCUT2D eigenvalue weighted by Crippen LogP contribution is 2.25. The van der Waals surface area contributed by atoms with Crippen LogP contribution in [0, 0.1) is 0 Å². The Morgan fingerprint density at radius 2 is 1.42 bits per heavy atom. The first-order valence-electron chi connectivity index (χ1n) is 12.1. The third kappa shape index (κ3) is 5.68. The molecule has 6 nitrogen and oxygen atoms in total. The van der Waals surface area contributed by atoms with Crippen LogP contribution in [-0.4, -0.2) is 73.7 Å². The number of piperazine rings is 1. The van der Waals surface area contributed by atoms with E-state index in [2.05, 4.69) is 4.90 Å². The maximum Gasteiger partial charge on any atom is 0.243 e. The van der Waals surface area contributed by atoms with Gasteiger partial charge in [-0.3, -0.25) is 9.69 Å². The lowest BCUT2D eigenvalue weighted by atomic mass is 10.1. The number of hydrogen-bond donors (Lipinski definition) is 0. The fraction of sp³-hybridized carbons (Fsp3) is 0.708. The SMILES string of the molecule is O=C(CCc1ccc(S(=O)(=O)N2CCCCCC2)cc1)N1CCN(C2CCCC2)CC1. The Morgan fingerprint density at radius 1 is 0.806 bits per heavy atom. The van der Waals surface area contributed by atoms with Gasteiger partial charge in [-0.1, -0.05) is 37.8 Å². The molecule has 2 saturated heterocycles. The fourth-order valence-electron chi connectivity index (χ4n) is 5.27. The van der Waals surface area contributed by atoms with Crippen LogP contribution in [0.15, 0.2) is 29.2 Å². The Hall–Kier alpha value is -1.44. The van der Waals surface area contributed by atoms with Gasteiger partial charge in [0.1, 0.15) is 0 Å². The molecule has 4 rings (SSSR count). The molecule has 0 atom stereocenters. The second-order valence-corrected chi connectivity index (χ2v) is 11.3. The van der Waals surface area contributed by atoms with Gasteiger partial charge in [-0.15, -0.1) is 0 Å². The molecule has 1 amide bonds. The van der Waals surface area contributed by atoms with E-state index < -0.39 is 10.0 Å². The van der Waals surface area contributed by atoms with Gasteiger partial charge in [0, 0.05) is 51.7 Å². The number of benzene rings is 1. The van der Waals surface area contributed by atoms with Crippen molar-refractivity contribution in [2.75, 3.05) is 39.3 Å². The summed E-state index contributed by atoms with van der Waals surface area (Å²) in [4.78, 5) is 17.6. The van der Waals surface area contributed by atoms with Crippen molar-refractivity contribution >= 4 is 15.9 Å². The Bertz CT molecular complexity index is 818. The molecule has 0 N–H and O–H groups in total. The summed E-state index contributed by atoms with van der Waals surface area (Å²) in [5, 5.41) is 0. The van der Waals surface area contributed by atoms with Crippen molar-refractivity contribution in [3.63, 3.8) is 0 Å². The molecule has 1 aromatic rings. The molecular weight excluding hydrogens is 410 g/mol. The third-order valence-corrected chi connectivity index (χ3v) is 9.17. The van der Waals surface area contributed by atoms with Crippen LogP contribution in [-0.2, 0) is 21.2 Å².